The topological polar surface area (TPSA) is 9.23 Å². The molecule has 6 heteroatoms. The quantitative estimate of drug-likeness (QED) is 0.447. The number of hydrogen-bond acceptors (Lipinski definition) is 1. The highest BCUT2D eigenvalue weighted by Gasteiger charge is 2.43. The first-order valence-electron chi connectivity index (χ1n) is 10.5. The van der Waals surface area contributed by atoms with E-state index in [0.717, 1.165) is 12.0 Å². The van der Waals surface area contributed by atoms with E-state index in [-0.39, 0.29) is 35.3 Å². The number of benzene rings is 2. The van der Waals surface area contributed by atoms with Crippen molar-refractivity contribution in [2.75, 3.05) is 6.61 Å². The Balaban J connectivity index is 1.82. The molecule has 3 unspecified atom stereocenters. The van der Waals surface area contributed by atoms with Crippen LogP contribution in [0.2, 0.25) is 0 Å². The maximum atomic E-state index is 15.4. The molecule has 0 amide bonds. The fourth-order valence-corrected chi connectivity index (χ4v) is 4.44. The van der Waals surface area contributed by atoms with Crippen molar-refractivity contribution in [2.24, 2.45) is 0 Å². The summed E-state index contributed by atoms with van der Waals surface area (Å²) in [5.41, 5.74) is -0.0998. The Morgan fingerprint density at radius 1 is 0.935 bits per heavy atom. The lowest BCUT2D eigenvalue weighted by atomic mass is 9.76. The summed E-state index contributed by atoms with van der Waals surface area (Å²) in [6, 6.07) is 7.22. The number of aryl methyl sites for hydroxylation is 1. The third-order valence-corrected chi connectivity index (χ3v) is 5.87. The Labute approximate surface area is 178 Å². The van der Waals surface area contributed by atoms with E-state index in [2.05, 4.69) is 0 Å². The average Bonchev–Trinajstić information content (AvgIpc) is 2.74. The number of hydrogen-bond donors (Lipinski definition) is 0. The van der Waals surface area contributed by atoms with Gasteiger partial charge in [-0.3, -0.25) is 0 Å². The lowest BCUT2D eigenvalue weighted by Crippen LogP contribution is -2.29. The lowest BCUT2D eigenvalue weighted by molar-refractivity contribution is 0.0696. The van der Waals surface area contributed by atoms with E-state index in [0.29, 0.717) is 6.42 Å². The van der Waals surface area contributed by atoms with Crippen LogP contribution >= 0.6 is 0 Å². The molecular weight excluding hydrogens is 411 g/mol. The largest absolute Gasteiger partial charge is 0.371 e. The Bertz CT molecular complexity index is 1070. The van der Waals surface area contributed by atoms with Crippen LogP contribution in [-0.4, -0.2) is 18.9 Å². The fourth-order valence-electron chi connectivity index (χ4n) is 4.44. The van der Waals surface area contributed by atoms with Crippen molar-refractivity contribution in [3.63, 3.8) is 0 Å². The van der Waals surface area contributed by atoms with Gasteiger partial charge in [-0.1, -0.05) is 43.7 Å². The minimum absolute atomic E-state index is 0.0238. The van der Waals surface area contributed by atoms with E-state index in [1.807, 2.05) is 6.92 Å². The molecule has 0 N–H and O–H groups in total. The molecule has 0 aliphatic heterocycles. The van der Waals surface area contributed by atoms with Gasteiger partial charge >= 0.3 is 0 Å². The van der Waals surface area contributed by atoms with Gasteiger partial charge in [0, 0.05) is 28.9 Å². The minimum atomic E-state index is -2.41. The van der Waals surface area contributed by atoms with Crippen LogP contribution in [0.5, 0.6) is 0 Å². The van der Waals surface area contributed by atoms with Crippen LogP contribution in [-0.2, 0) is 11.2 Å². The fraction of sp³-hybridized carbons (Fsp3) is 0.360. The highest BCUT2D eigenvalue weighted by atomic mass is 19.2. The first-order chi connectivity index (χ1) is 14.9. The summed E-state index contributed by atoms with van der Waals surface area (Å²) in [4.78, 5) is 0. The Kier molecular flexibility index (Phi) is 6.02. The molecule has 0 bridgehead atoms. The molecule has 2 aliphatic rings. The van der Waals surface area contributed by atoms with Crippen LogP contribution in [0.1, 0.15) is 49.6 Å². The first-order valence-corrected chi connectivity index (χ1v) is 10.5. The van der Waals surface area contributed by atoms with Crippen molar-refractivity contribution in [3.8, 4) is 11.1 Å². The van der Waals surface area contributed by atoms with Crippen molar-refractivity contribution in [1.29, 1.82) is 0 Å². The zero-order valence-corrected chi connectivity index (χ0v) is 17.3. The Hall–Kier alpha value is -2.47. The van der Waals surface area contributed by atoms with Gasteiger partial charge < -0.3 is 4.74 Å². The molecule has 1 nitrogen and oxygen atoms in total. The SMILES string of the molecule is CCCc1ccc(-c2ccc3c(c2F)C(F)C(F)C2=C(F)C(OCC)CC=C23)c(F)c1. The summed E-state index contributed by atoms with van der Waals surface area (Å²) in [5, 5.41) is 0. The van der Waals surface area contributed by atoms with E-state index >= 15 is 8.78 Å². The third kappa shape index (κ3) is 3.61. The summed E-state index contributed by atoms with van der Waals surface area (Å²) in [7, 11) is 0. The van der Waals surface area contributed by atoms with Gasteiger partial charge in [0.2, 0.25) is 0 Å². The van der Waals surface area contributed by atoms with Crippen LogP contribution in [0.25, 0.3) is 16.7 Å². The number of allylic oxidation sites excluding steroid dienone is 2. The van der Waals surface area contributed by atoms with Gasteiger partial charge in [0.15, 0.2) is 12.3 Å². The molecule has 0 aromatic heterocycles. The highest BCUT2D eigenvalue weighted by Crippen LogP contribution is 2.50. The van der Waals surface area contributed by atoms with Crippen LogP contribution in [0.4, 0.5) is 22.0 Å². The van der Waals surface area contributed by atoms with Crippen molar-refractivity contribution in [1.82, 2.24) is 0 Å². The number of fused-ring (bicyclic) bond motifs is 3. The number of rotatable bonds is 5. The molecule has 0 heterocycles. The second kappa shape index (κ2) is 8.58. The van der Waals surface area contributed by atoms with E-state index in [1.54, 1.807) is 19.1 Å². The number of alkyl halides is 2. The van der Waals surface area contributed by atoms with Gasteiger partial charge in [-0.15, -0.1) is 0 Å². The van der Waals surface area contributed by atoms with E-state index in [4.69, 9.17) is 4.74 Å². The van der Waals surface area contributed by atoms with Crippen molar-refractivity contribution in [2.45, 2.75) is 51.6 Å². The predicted octanol–water partition coefficient (Wildman–Crippen LogP) is 7.36. The zero-order chi connectivity index (χ0) is 22.3. The maximum Gasteiger partial charge on any atom is 0.164 e. The average molecular weight is 434 g/mol. The van der Waals surface area contributed by atoms with E-state index in [9.17, 15) is 13.2 Å². The summed E-state index contributed by atoms with van der Waals surface area (Å²) < 4.78 is 80.2. The van der Waals surface area contributed by atoms with Crippen LogP contribution < -0.4 is 0 Å². The molecule has 31 heavy (non-hydrogen) atoms. The van der Waals surface area contributed by atoms with Crippen LogP contribution in [0, 0.1) is 11.6 Å². The van der Waals surface area contributed by atoms with E-state index < -0.39 is 47.0 Å². The molecule has 0 fully saturated rings. The third-order valence-electron chi connectivity index (χ3n) is 5.87. The zero-order valence-electron chi connectivity index (χ0n) is 17.3. The summed E-state index contributed by atoms with van der Waals surface area (Å²) in [5.74, 6) is -2.51. The molecular formula is C25H23F5O. The van der Waals surface area contributed by atoms with Crippen LogP contribution in [0.15, 0.2) is 47.8 Å². The molecule has 2 aromatic rings. The predicted molar refractivity (Wildman–Crippen MR) is 111 cm³/mol. The highest BCUT2D eigenvalue weighted by molar-refractivity contribution is 5.87. The Morgan fingerprint density at radius 3 is 2.32 bits per heavy atom. The van der Waals surface area contributed by atoms with Crippen molar-refractivity contribution < 1.29 is 26.7 Å². The summed E-state index contributed by atoms with van der Waals surface area (Å²) >= 11 is 0. The number of ether oxygens (including phenoxy) is 1. The summed E-state index contributed by atoms with van der Waals surface area (Å²) in [6.45, 7) is 3.87. The summed E-state index contributed by atoms with van der Waals surface area (Å²) in [6.07, 6.45) is -2.56. The molecule has 2 aromatic carbocycles. The minimum Gasteiger partial charge on any atom is -0.371 e. The standard InChI is InChI=1S/C25H23F5O/c1-3-5-13-6-7-14(18(26)12-13)17-9-8-15-16-10-11-19(31-4-2)23(28)21(16)25(30)24(29)20(15)22(17)27/h6-10,12,19,24-25H,3-5,11H2,1-2H3. The molecule has 0 saturated heterocycles. The second-order valence-electron chi connectivity index (χ2n) is 7.82. The van der Waals surface area contributed by atoms with Gasteiger partial charge in [0.1, 0.15) is 23.6 Å². The first kappa shape index (κ1) is 21.8. The van der Waals surface area contributed by atoms with Crippen molar-refractivity contribution >= 4 is 5.57 Å². The van der Waals surface area contributed by atoms with Crippen LogP contribution in [0.3, 0.4) is 0 Å². The van der Waals surface area contributed by atoms with Gasteiger partial charge in [-0.2, -0.15) is 0 Å². The lowest BCUT2D eigenvalue weighted by Gasteiger charge is -2.33. The maximum absolute atomic E-state index is 15.4. The Morgan fingerprint density at radius 2 is 1.65 bits per heavy atom. The molecule has 0 radical (unpaired) electrons. The normalized spacial score (nSPS) is 22.8. The van der Waals surface area contributed by atoms with Gasteiger partial charge in [-0.05, 0) is 42.5 Å². The van der Waals surface area contributed by atoms with Gasteiger partial charge in [-0.25, -0.2) is 22.0 Å². The smallest absolute Gasteiger partial charge is 0.164 e. The molecule has 2 aliphatic carbocycles. The van der Waals surface area contributed by atoms with Crippen molar-refractivity contribution in [3.05, 3.63) is 76.1 Å². The van der Waals surface area contributed by atoms with E-state index in [1.165, 1.54) is 24.3 Å². The molecule has 164 valence electrons. The molecule has 3 atom stereocenters. The number of halogens is 5. The second-order valence-corrected chi connectivity index (χ2v) is 7.82. The molecule has 0 saturated carbocycles. The van der Waals surface area contributed by atoms with Gasteiger partial charge in [0.25, 0.3) is 0 Å². The molecule has 0 spiro atoms. The monoisotopic (exact) mass is 434 g/mol. The molecule has 4 rings (SSSR count). The van der Waals surface area contributed by atoms with Gasteiger partial charge in [0.05, 0.1) is 0 Å².